The van der Waals surface area contributed by atoms with Crippen LogP contribution in [0, 0.1) is 14.3 Å². The molecule has 67 heavy (non-hydrogen) atoms. The summed E-state index contributed by atoms with van der Waals surface area (Å²) >= 11 is 8.77. The van der Waals surface area contributed by atoms with Crippen molar-refractivity contribution >= 4 is 150 Å². The number of benzene rings is 8. The number of nitrogens with zero attached hydrogens (tertiary/aromatic N) is 2. The van der Waals surface area contributed by atoms with Crippen LogP contribution >= 0.6 is 106 Å². The zero-order chi connectivity index (χ0) is 46.1. The van der Waals surface area contributed by atoms with Gasteiger partial charge in [-0.15, -0.1) is 0 Å². The summed E-state index contributed by atoms with van der Waals surface area (Å²) in [4.78, 5) is 9.55. The zero-order valence-electron chi connectivity index (χ0n) is 36.3. The molecular weight excluding hydrogens is 1400 g/mol. The molecule has 2 atom stereocenters. The zero-order valence-corrected chi connectivity index (χ0v) is 48.5. The second-order valence-electron chi connectivity index (χ2n) is 15.3. The molecule has 1 aliphatic rings. The normalized spacial score (nSPS) is 14.5. The van der Waals surface area contributed by atoms with Gasteiger partial charge in [-0.2, -0.15) is 0 Å². The van der Waals surface area contributed by atoms with Crippen LogP contribution in [-0.4, -0.2) is 34.7 Å². The molecule has 1 saturated carbocycles. The summed E-state index contributed by atoms with van der Waals surface area (Å²) in [5, 5.41) is 29.0. The van der Waals surface area contributed by atoms with Crippen molar-refractivity contribution < 1.29 is 29.7 Å². The van der Waals surface area contributed by atoms with Crippen LogP contribution in [0.1, 0.15) is 36.8 Å². The quantitative estimate of drug-likeness (QED) is 0.0620. The standard InChI is InChI=1S/C20H18I4N2O2.2C18H15P.Ru/c21-13-5-11(19(27)15(23)7-13)9-25-17-3-1-2-4-18(17)26-10-12-6-14(22)8-16(24)20(12)28;2*1-4-10-16(11-5-1)19(17-12-6-2-7-13-17)18-14-8-3-9-15-18;/h5-10,17-18,27-28H,1-4H2;2*1-15H;/t17-,18-;;;/m1.../s1. The van der Waals surface area contributed by atoms with E-state index < -0.39 is 15.8 Å². The molecule has 11 heteroatoms. The summed E-state index contributed by atoms with van der Waals surface area (Å²) in [6, 6.07) is 72.6. The Morgan fingerprint density at radius 2 is 0.627 bits per heavy atom. The van der Waals surface area contributed by atoms with Gasteiger partial charge in [0.15, 0.2) is 0 Å². The fraction of sp³-hybridized carbons (Fsp3) is 0.107. The van der Waals surface area contributed by atoms with Crippen molar-refractivity contribution in [2.45, 2.75) is 37.8 Å². The average molecular weight is 1450 g/mol. The van der Waals surface area contributed by atoms with E-state index >= 15 is 0 Å². The van der Waals surface area contributed by atoms with Gasteiger partial charge in [0.05, 0.1) is 19.2 Å². The molecule has 8 aromatic carbocycles. The smallest absolute Gasteiger partial charge is 0.137 e. The van der Waals surface area contributed by atoms with Gasteiger partial charge >= 0.3 is 0 Å². The molecule has 0 aliphatic heterocycles. The molecule has 0 saturated heterocycles. The van der Waals surface area contributed by atoms with Gasteiger partial charge in [0.1, 0.15) is 11.5 Å². The molecule has 0 radical (unpaired) electrons. The summed E-state index contributed by atoms with van der Waals surface area (Å²) in [6.07, 6.45) is 7.80. The number of phenolic OH excluding ortho intramolecular Hbond substituents is 2. The van der Waals surface area contributed by atoms with Crippen molar-refractivity contribution in [2.24, 2.45) is 9.98 Å². The molecule has 0 aromatic heterocycles. The summed E-state index contributed by atoms with van der Waals surface area (Å²) in [5.74, 6) is 0.554. The van der Waals surface area contributed by atoms with Crippen LogP contribution in [0.15, 0.2) is 216 Å². The number of halogens is 4. The molecule has 340 valence electrons. The van der Waals surface area contributed by atoms with E-state index in [2.05, 4.69) is 272 Å². The third-order valence-corrected chi connectivity index (χ3v) is 18.5. The van der Waals surface area contributed by atoms with E-state index in [1.165, 1.54) is 31.8 Å². The molecule has 0 spiro atoms. The molecule has 0 unspecified atom stereocenters. The van der Waals surface area contributed by atoms with Crippen molar-refractivity contribution in [1.29, 1.82) is 0 Å². The Labute approximate surface area is 465 Å². The molecule has 0 bridgehead atoms. The predicted octanol–water partition coefficient (Wildman–Crippen LogP) is 13.3. The Balaban J connectivity index is 0.000000169. The Kier molecular flexibility index (Phi) is 22.4. The fourth-order valence-electron chi connectivity index (χ4n) is 7.52. The van der Waals surface area contributed by atoms with Crippen molar-refractivity contribution in [3.63, 3.8) is 0 Å². The van der Waals surface area contributed by atoms with Crippen LogP contribution in [0.25, 0.3) is 0 Å². The monoisotopic (exact) mass is 1450 g/mol. The molecule has 1 fully saturated rings. The maximum absolute atomic E-state index is 10.3. The number of phenols is 2. The number of aliphatic imine (C=N–C) groups is 2. The second-order valence-corrected chi connectivity index (χ2v) is 24.6. The van der Waals surface area contributed by atoms with Crippen molar-refractivity contribution in [2.75, 3.05) is 0 Å². The van der Waals surface area contributed by atoms with E-state index in [-0.39, 0.29) is 43.1 Å². The number of hydrogen-bond acceptors (Lipinski definition) is 4. The molecule has 1 aliphatic carbocycles. The van der Waals surface area contributed by atoms with Crippen LogP contribution < -0.4 is 31.8 Å². The van der Waals surface area contributed by atoms with Gasteiger partial charge in [0.25, 0.3) is 0 Å². The Morgan fingerprint density at radius 3 is 0.866 bits per heavy atom. The Morgan fingerprint density at radius 1 is 0.388 bits per heavy atom. The van der Waals surface area contributed by atoms with E-state index in [1.54, 1.807) is 12.4 Å². The van der Waals surface area contributed by atoms with Gasteiger partial charge in [0, 0.05) is 50.2 Å². The SMILES string of the molecule is Oc1c(I)cc(I)cc1C=N[C@@H]1CCCC[C@H]1N=Cc1cc(I)cc(I)c1O.[Ru].c1ccc(P(c2ccccc2)c2ccccc2)cc1.c1ccc(P(c2ccccc2)c2ccccc2)cc1. The summed E-state index contributed by atoms with van der Waals surface area (Å²) < 4.78 is 3.80. The third kappa shape index (κ3) is 15.8. The molecule has 0 heterocycles. The predicted molar refractivity (Wildman–Crippen MR) is 319 cm³/mol. The van der Waals surface area contributed by atoms with Crippen molar-refractivity contribution in [3.05, 3.63) is 232 Å². The molecule has 4 nitrogen and oxygen atoms in total. The molecule has 0 amide bonds. The van der Waals surface area contributed by atoms with Crippen LogP contribution in [0.3, 0.4) is 0 Å². The van der Waals surface area contributed by atoms with Gasteiger partial charge in [-0.3, -0.25) is 9.98 Å². The topological polar surface area (TPSA) is 65.2 Å². The second kappa shape index (κ2) is 28.1. The summed E-state index contributed by atoms with van der Waals surface area (Å²) in [6.45, 7) is 0. The summed E-state index contributed by atoms with van der Waals surface area (Å²) in [7, 11) is -0.892. The minimum absolute atomic E-state index is 0. The van der Waals surface area contributed by atoms with E-state index in [0.717, 1.165) is 51.1 Å². The average Bonchev–Trinajstić information content (AvgIpc) is 3.36. The van der Waals surface area contributed by atoms with E-state index in [1.807, 2.05) is 24.3 Å². The Bertz CT molecular complexity index is 2420. The largest absolute Gasteiger partial charge is 0.506 e. The van der Waals surface area contributed by atoms with Gasteiger partial charge in [0.2, 0.25) is 0 Å². The van der Waals surface area contributed by atoms with E-state index in [9.17, 15) is 10.2 Å². The number of aromatic hydroxyl groups is 2. The molecular formula is C56H48I4N2O2P2Ru. The van der Waals surface area contributed by atoms with E-state index in [4.69, 9.17) is 9.98 Å². The molecule has 8 aromatic rings. The Hall–Kier alpha value is -2.90. The van der Waals surface area contributed by atoms with Gasteiger partial charge < -0.3 is 10.2 Å². The van der Waals surface area contributed by atoms with Crippen molar-refractivity contribution in [1.82, 2.24) is 0 Å². The number of hydrogen-bond donors (Lipinski definition) is 2. The van der Waals surface area contributed by atoms with Gasteiger partial charge in [-0.05, 0) is 175 Å². The van der Waals surface area contributed by atoms with Gasteiger partial charge in [-0.1, -0.05) is 195 Å². The minimum Gasteiger partial charge on any atom is -0.506 e. The first-order chi connectivity index (χ1) is 32.2. The van der Waals surface area contributed by atoms with Crippen LogP contribution in [-0.2, 0) is 19.5 Å². The minimum atomic E-state index is -0.446. The van der Waals surface area contributed by atoms with Crippen LogP contribution in [0.2, 0.25) is 0 Å². The summed E-state index contributed by atoms with van der Waals surface area (Å²) in [5.41, 5.74) is 1.49. The first-order valence-corrected chi connectivity index (χ1v) is 28.6. The van der Waals surface area contributed by atoms with Crippen molar-refractivity contribution in [3.8, 4) is 11.5 Å². The maximum Gasteiger partial charge on any atom is 0.137 e. The molecule has 2 N–H and O–H groups in total. The van der Waals surface area contributed by atoms with Crippen LogP contribution in [0.5, 0.6) is 11.5 Å². The third-order valence-electron chi connectivity index (χ3n) is 10.7. The molecule has 9 rings (SSSR count). The van der Waals surface area contributed by atoms with Gasteiger partial charge in [-0.25, -0.2) is 0 Å². The van der Waals surface area contributed by atoms with E-state index in [0.29, 0.717) is 0 Å². The van der Waals surface area contributed by atoms with Crippen LogP contribution in [0.4, 0.5) is 0 Å². The first-order valence-electron chi connectivity index (χ1n) is 21.6. The number of rotatable bonds is 10. The fourth-order valence-corrected chi connectivity index (χ4v) is 15.9. The first kappa shape index (κ1) is 53.5. The maximum atomic E-state index is 10.3.